The fourth-order valence-electron chi connectivity index (χ4n) is 2.34. The fourth-order valence-corrected chi connectivity index (χ4v) is 2.34. The smallest absolute Gasteiger partial charge is 0.244 e. The molecule has 120 valence electrons. The lowest BCUT2D eigenvalue weighted by Gasteiger charge is -2.35. The molecule has 1 heterocycles. The molecule has 0 aromatic rings. The molecular formula is C14H26N4O3. The van der Waals surface area contributed by atoms with Gasteiger partial charge in [0.25, 0.3) is 0 Å². The lowest BCUT2D eigenvalue weighted by molar-refractivity contribution is -0.137. The number of hydrogen-bond acceptors (Lipinski definition) is 4. The van der Waals surface area contributed by atoms with Gasteiger partial charge >= 0.3 is 0 Å². The Kier molecular flexibility index (Phi) is 6.61. The highest BCUT2D eigenvalue weighted by atomic mass is 16.2. The molecule has 7 nitrogen and oxygen atoms in total. The maximum absolute atomic E-state index is 12.1. The Morgan fingerprint density at radius 3 is 2.05 bits per heavy atom. The van der Waals surface area contributed by atoms with Crippen LogP contribution in [0.25, 0.3) is 0 Å². The van der Waals surface area contributed by atoms with Gasteiger partial charge in [0, 0.05) is 39.1 Å². The summed E-state index contributed by atoms with van der Waals surface area (Å²) in [6, 6.07) is -0.364. The van der Waals surface area contributed by atoms with Gasteiger partial charge in [0.15, 0.2) is 0 Å². The Balaban J connectivity index is 2.36. The molecule has 0 aromatic heterocycles. The van der Waals surface area contributed by atoms with Crippen molar-refractivity contribution in [1.29, 1.82) is 0 Å². The summed E-state index contributed by atoms with van der Waals surface area (Å²) in [5.74, 6) is -0.271. The number of carbonyl (C=O) groups is 3. The van der Waals surface area contributed by atoms with Crippen molar-refractivity contribution in [1.82, 2.24) is 20.4 Å². The number of carbonyl (C=O) groups excluding carboxylic acids is 3. The molecule has 7 heteroatoms. The van der Waals surface area contributed by atoms with Gasteiger partial charge in [-0.15, -0.1) is 0 Å². The second-order valence-electron chi connectivity index (χ2n) is 5.75. The molecule has 0 saturated carbocycles. The van der Waals surface area contributed by atoms with Crippen molar-refractivity contribution in [2.24, 2.45) is 0 Å². The van der Waals surface area contributed by atoms with E-state index in [1.54, 1.807) is 11.8 Å². The van der Waals surface area contributed by atoms with E-state index in [1.165, 1.54) is 6.92 Å². The van der Waals surface area contributed by atoms with Crippen molar-refractivity contribution in [2.45, 2.75) is 39.8 Å². The Hall–Kier alpha value is -1.63. The first-order chi connectivity index (χ1) is 9.79. The van der Waals surface area contributed by atoms with Crippen LogP contribution in [0.5, 0.6) is 0 Å². The summed E-state index contributed by atoms with van der Waals surface area (Å²) in [6.45, 7) is 9.81. The van der Waals surface area contributed by atoms with Crippen LogP contribution in [0.4, 0.5) is 0 Å². The summed E-state index contributed by atoms with van der Waals surface area (Å²) in [6.07, 6.45) is 0. The minimum Gasteiger partial charge on any atom is -0.353 e. The van der Waals surface area contributed by atoms with Gasteiger partial charge in [-0.3, -0.25) is 19.3 Å². The first-order valence-electron chi connectivity index (χ1n) is 7.37. The van der Waals surface area contributed by atoms with Crippen molar-refractivity contribution in [3.63, 3.8) is 0 Å². The van der Waals surface area contributed by atoms with E-state index in [9.17, 15) is 14.4 Å². The van der Waals surface area contributed by atoms with Gasteiger partial charge in [-0.1, -0.05) is 0 Å². The Morgan fingerprint density at radius 2 is 1.57 bits per heavy atom. The zero-order valence-electron chi connectivity index (χ0n) is 13.3. The zero-order chi connectivity index (χ0) is 16.0. The third-order valence-electron chi connectivity index (χ3n) is 3.29. The third kappa shape index (κ3) is 6.12. The predicted octanol–water partition coefficient (Wildman–Crippen LogP) is -0.820. The Morgan fingerprint density at radius 1 is 1.00 bits per heavy atom. The average molecular weight is 298 g/mol. The molecule has 1 aliphatic rings. The van der Waals surface area contributed by atoms with Crippen molar-refractivity contribution >= 4 is 17.7 Å². The van der Waals surface area contributed by atoms with E-state index in [0.29, 0.717) is 32.7 Å². The van der Waals surface area contributed by atoms with Gasteiger partial charge in [0.05, 0.1) is 6.54 Å². The lowest BCUT2D eigenvalue weighted by Crippen LogP contribution is -2.55. The maximum atomic E-state index is 12.1. The van der Waals surface area contributed by atoms with E-state index in [2.05, 4.69) is 10.6 Å². The van der Waals surface area contributed by atoms with Crippen LogP contribution < -0.4 is 10.6 Å². The van der Waals surface area contributed by atoms with Gasteiger partial charge in [-0.05, 0) is 20.8 Å². The fraction of sp³-hybridized carbons (Fsp3) is 0.786. The first kappa shape index (κ1) is 17.4. The van der Waals surface area contributed by atoms with E-state index < -0.39 is 6.04 Å². The zero-order valence-corrected chi connectivity index (χ0v) is 13.3. The highest BCUT2D eigenvalue weighted by molar-refractivity contribution is 5.86. The van der Waals surface area contributed by atoms with E-state index in [1.807, 2.05) is 18.7 Å². The summed E-state index contributed by atoms with van der Waals surface area (Å²) in [7, 11) is 0. The molecule has 1 aliphatic heterocycles. The molecule has 2 N–H and O–H groups in total. The van der Waals surface area contributed by atoms with Crippen molar-refractivity contribution in [2.75, 3.05) is 32.7 Å². The Labute approximate surface area is 126 Å². The van der Waals surface area contributed by atoms with Crippen LogP contribution in [-0.4, -0.2) is 72.3 Å². The normalized spacial score (nSPS) is 17.5. The molecule has 1 unspecified atom stereocenters. The molecular weight excluding hydrogens is 272 g/mol. The Bertz CT molecular complexity index is 390. The van der Waals surface area contributed by atoms with E-state index in [-0.39, 0.29) is 23.8 Å². The number of nitrogens with one attached hydrogen (secondary N) is 2. The van der Waals surface area contributed by atoms with E-state index in [4.69, 9.17) is 0 Å². The summed E-state index contributed by atoms with van der Waals surface area (Å²) >= 11 is 0. The molecule has 0 aromatic carbocycles. The lowest BCUT2D eigenvalue weighted by atomic mass is 10.2. The number of rotatable bonds is 5. The monoisotopic (exact) mass is 298 g/mol. The van der Waals surface area contributed by atoms with Crippen LogP contribution in [0.15, 0.2) is 0 Å². The largest absolute Gasteiger partial charge is 0.353 e. The van der Waals surface area contributed by atoms with Crippen molar-refractivity contribution < 1.29 is 14.4 Å². The maximum Gasteiger partial charge on any atom is 0.244 e. The van der Waals surface area contributed by atoms with Crippen LogP contribution in [0, 0.1) is 0 Å². The number of nitrogens with zero attached hydrogens (tertiary/aromatic N) is 2. The molecule has 0 spiro atoms. The first-order valence-corrected chi connectivity index (χ1v) is 7.37. The molecule has 1 atom stereocenters. The van der Waals surface area contributed by atoms with Gasteiger partial charge in [-0.2, -0.15) is 0 Å². The second-order valence-corrected chi connectivity index (χ2v) is 5.75. The predicted molar refractivity (Wildman–Crippen MR) is 79.6 cm³/mol. The van der Waals surface area contributed by atoms with Crippen LogP contribution in [0.3, 0.4) is 0 Å². The summed E-state index contributed by atoms with van der Waals surface area (Å²) < 4.78 is 0. The van der Waals surface area contributed by atoms with Crippen LogP contribution in [-0.2, 0) is 14.4 Å². The second kappa shape index (κ2) is 7.97. The molecule has 1 fully saturated rings. The molecule has 0 aliphatic carbocycles. The topological polar surface area (TPSA) is 81.8 Å². The van der Waals surface area contributed by atoms with Gasteiger partial charge in [0.1, 0.15) is 6.04 Å². The molecule has 3 amide bonds. The summed E-state index contributed by atoms with van der Waals surface area (Å²) in [5.41, 5.74) is 0. The minimum absolute atomic E-state index is 0.0105. The van der Waals surface area contributed by atoms with Gasteiger partial charge in [0.2, 0.25) is 17.7 Å². The summed E-state index contributed by atoms with van der Waals surface area (Å²) in [4.78, 5) is 38.5. The molecule has 1 rings (SSSR count). The van der Waals surface area contributed by atoms with Crippen LogP contribution >= 0.6 is 0 Å². The molecule has 0 radical (unpaired) electrons. The molecule has 21 heavy (non-hydrogen) atoms. The van der Waals surface area contributed by atoms with Gasteiger partial charge < -0.3 is 15.5 Å². The van der Waals surface area contributed by atoms with E-state index >= 15 is 0 Å². The van der Waals surface area contributed by atoms with Crippen molar-refractivity contribution in [3.8, 4) is 0 Å². The summed E-state index contributed by atoms with van der Waals surface area (Å²) in [5, 5.41) is 5.45. The van der Waals surface area contributed by atoms with E-state index in [0.717, 1.165) is 0 Å². The molecule has 1 saturated heterocycles. The SMILES string of the molecule is CC(=O)NC(C)C(=O)N1CCN(CC(=O)NC(C)C)CC1. The standard InChI is InChI=1S/C14H26N4O3/c1-10(2)15-13(20)9-17-5-7-18(8-6-17)14(21)11(3)16-12(4)19/h10-11H,5-9H2,1-4H3,(H,15,20)(H,16,19). The number of piperazine rings is 1. The third-order valence-corrected chi connectivity index (χ3v) is 3.29. The quantitative estimate of drug-likeness (QED) is 0.695. The molecule has 0 bridgehead atoms. The highest BCUT2D eigenvalue weighted by Crippen LogP contribution is 2.04. The van der Waals surface area contributed by atoms with Crippen molar-refractivity contribution in [3.05, 3.63) is 0 Å². The van der Waals surface area contributed by atoms with Crippen LogP contribution in [0.2, 0.25) is 0 Å². The average Bonchev–Trinajstić information content (AvgIpc) is 2.36. The van der Waals surface area contributed by atoms with Crippen LogP contribution in [0.1, 0.15) is 27.7 Å². The minimum atomic E-state index is -0.502. The number of hydrogen-bond donors (Lipinski definition) is 2. The highest BCUT2D eigenvalue weighted by Gasteiger charge is 2.25. The number of amides is 3. The van der Waals surface area contributed by atoms with Gasteiger partial charge in [-0.25, -0.2) is 0 Å².